The molecule has 2 heterocycles. The van der Waals surface area contributed by atoms with Crippen molar-refractivity contribution >= 4 is 0 Å². The lowest BCUT2D eigenvalue weighted by Gasteiger charge is -2.38. The van der Waals surface area contributed by atoms with E-state index in [0.717, 1.165) is 12.6 Å². The average Bonchev–Trinajstić information content (AvgIpc) is 2.73. The lowest BCUT2D eigenvalue weighted by molar-refractivity contribution is 0.183. The van der Waals surface area contributed by atoms with Gasteiger partial charge < -0.3 is 5.32 Å². The van der Waals surface area contributed by atoms with E-state index in [-0.39, 0.29) is 0 Å². The maximum Gasteiger partial charge on any atom is 0.0479 e. The van der Waals surface area contributed by atoms with Gasteiger partial charge in [0.05, 0.1) is 0 Å². The molecule has 0 aromatic heterocycles. The van der Waals surface area contributed by atoms with Gasteiger partial charge in [-0.3, -0.25) is 4.90 Å². The van der Waals surface area contributed by atoms with Gasteiger partial charge in [0, 0.05) is 18.6 Å². The van der Waals surface area contributed by atoms with Gasteiger partial charge in [-0.25, -0.2) is 0 Å². The van der Waals surface area contributed by atoms with Crippen molar-refractivity contribution in [1.82, 2.24) is 10.2 Å². The first-order valence-electron chi connectivity index (χ1n) is 5.89. The average molecular weight is 202 g/mol. The van der Waals surface area contributed by atoms with E-state index in [2.05, 4.69) is 41.5 Å². The monoisotopic (exact) mass is 202 g/mol. The second kappa shape index (κ2) is 3.62. The Labute approximate surface area is 91.3 Å². The van der Waals surface area contributed by atoms with Crippen LogP contribution in [0.25, 0.3) is 0 Å². The lowest BCUT2D eigenvalue weighted by Crippen LogP contribution is -2.43. The Morgan fingerprint density at radius 3 is 3.07 bits per heavy atom. The molecular weight excluding hydrogens is 184 g/mol. The van der Waals surface area contributed by atoms with E-state index >= 15 is 0 Å². The van der Waals surface area contributed by atoms with Crippen molar-refractivity contribution in [3.8, 4) is 0 Å². The van der Waals surface area contributed by atoms with Crippen molar-refractivity contribution < 1.29 is 0 Å². The Morgan fingerprint density at radius 2 is 2.20 bits per heavy atom. The predicted octanol–water partition coefficient (Wildman–Crippen LogP) is 1.93. The van der Waals surface area contributed by atoms with E-state index in [1.54, 1.807) is 0 Å². The number of nitrogens with one attached hydrogen (secondary N) is 1. The SMILES string of the molecule is CNC1c2ccccc2CN2CCCC12. The minimum Gasteiger partial charge on any atom is -0.312 e. The van der Waals surface area contributed by atoms with Crippen molar-refractivity contribution in [3.63, 3.8) is 0 Å². The summed E-state index contributed by atoms with van der Waals surface area (Å²) in [5, 5.41) is 3.49. The first-order valence-corrected chi connectivity index (χ1v) is 5.89. The van der Waals surface area contributed by atoms with Crippen LogP contribution < -0.4 is 5.32 Å². The molecule has 1 aromatic rings. The van der Waals surface area contributed by atoms with Gasteiger partial charge >= 0.3 is 0 Å². The number of fused-ring (bicyclic) bond motifs is 2. The van der Waals surface area contributed by atoms with Crippen molar-refractivity contribution in [2.45, 2.75) is 31.5 Å². The molecule has 0 spiro atoms. The Hall–Kier alpha value is -0.860. The summed E-state index contributed by atoms with van der Waals surface area (Å²) in [6, 6.07) is 10.1. The third-order valence-corrected chi connectivity index (χ3v) is 3.87. The van der Waals surface area contributed by atoms with Crippen LogP contribution in [0, 0.1) is 0 Å². The third kappa shape index (κ3) is 1.40. The summed E-state index contributed by atoms with van der Waals surface area (Å²) in [6.45, 7) is 2.43. The van der Waals surface area contributed by atoms with Crippen LogP contribution in [0.15, 0.2) is 24.3 Å². The van der Waals surface area contributed by atoms with E-state index in [9.17, 15) is 0 Å². The summed E-state index contributed by atoms with van der Waals surface area (Å²) < 4.78 is 0. The highest BCUT2D eigenvalue weighted by Gasteiger charge is 2.36. The summed E-state index contributed by atoms with van der Waals surface area (Å²) in [5.74, 6) is 0. The molecule has 1 aromatic carbocycles. The van der Waals surface area contributed by atoms with Gasteiger partial charge in [0.1, 0.15) is 0 Å². The standard InChI is InChI=1S/C13H18N2/c1-14-13-11-6-3-2-5-10(11)9-15-8-4-7-12(13)15/h2-3,5-6,12-14H,4,7-9H2,1H3. The second-order valence-corrected chi connectivity index (χ2v) is 4.65. The van der Waals surface area contributed by atoms with Gasteiger partial charge in [0.15, 0.2) is 0 Å². The van der Waals surface area contributed by atoms with E-state index in [1.165, 1.54) is 30.5 Å². The van der Waals surface area contributed by atoms with Gasteiger partial charge in [0.25, 0.3) is 0 Å². The second-order valence-electron chi connectivity index (χ2n) is 4.65. The van der Waals surface area contributed by atoms with E-state index in [4.69, 9.17) is 0 Å². The van der Waals surface area contributed by atoms with Gasteiger partial charge in [-0.2, -0.15) is 0 Å². The van der Waals surface area contributed by atoms with Gasteiger partial charge in [-0.1, -0.05) is 24.3 Å². The number of benzene rings is 1. The van der Waals surface area contributed by atoms with Crippen molar-refractivity contribution in [3.05, 3.63) is 35.4 Å². The molecule has 2 atom stereocenters. The Balaban J connectivity index is 2.03. The molecule has 2 aliphatic rings. The fourth-order valence-corrected chi connectivity index (χ4v) is 3.18. The zero-order chi connectivity index (χ0) is 10.3. The third-order valence-electron chi connectivity index (χ3n) is 3.87. The van der Waals surface area contributed by atoms with Gasteiger partial charge in [-0.15, -0.1) is 0 Å². The summed E-state index contributed by atoms with van der Waals surface area (Å²) >= 11 is 0. The smallest absolute Gasteiger partial charge is 0.0479 e. The van der Waals surface area contributed by atoms with E-state index in [0.29, 0.717) is 6.04 Å². The summed E-state index contributed by atoms with van der Waals surface area (Å²) in [7, 11) is 2.09. The molecule has 2 nitrogen and oxygen atoms in total. The Bertz CT molecular complexity index is 361. The highest BCUT2D eigenvalue weighted by atomic mass is 15.2. The summed E-state index contributed by atoms with van der Waals surface area (Å²) in [4.78, 5) is 2.63. The van der Waals surface area contributed by atoms with Gasteiger partial charge in [0.2, 0.25) is 0 Å². The van der Waals surface area contributed by atoms with Crippen LogP contribution in [-0.2, 0) is 6.54 Å². The number of hydrogen-bond acceptors (Lipinski definition) is 2. The molecule has 3 rings (SSSR count). The molecule has 0 aliphatic carbocycles. The topological polar surface area (TPSA) is 15.3 Å². The normalized spacial score (nSPS) is 29.9. The molecule has 2 aliphatic heterocycles. The van der Waals surface area contributed by atoms with Crippen molar-refractivity contribution in [2.75, 3.05) is 13.6 Å². The molecule has 15 heavy (non-hydrogen) atoms. The highest BCUT2D eigenvalue weighted by molar-refractivity contribution is 5.34. The van der Waals surface area contributed by atoms with Crippen molar-refractivity contribution in [2.24, 2.45) is 0 Å². The number of nitrogens with zero attached hydrogens (tertiary/aromatic N) is 1. The number of hydrogen-bond donors (Lipinski definition) is 1. The van der Waals surface area contributed by atoms with Crippen LogP contribution in [0.3, 0.4) is 0 Å². The zero-order valence-electron chi connectivity index (χ0n) is 9.24. The number of rotatable bonds is 1. The molecule has 1 fully saturated rings. The lowest BCUT2D eigenvalue weighted by atomic mass is 9.89. The molecule has 80 valence electrons. The largest absolute Gasteiger partial charge is 0.312 e. The quantitative estimate of drug-likeness (QED) is 0.748. The van der Waals surface area contributed by atoms with Crippen LogP contribution in [-0.4, -0.2) is 24.5 Å². The summed E-state index contributed by atoms with van der Waals surface area (Å²) in [5.41, 5.74) is 3.03. The number of likely N-dealkylation sites (N-methyl/N-ethyl adjacent to an activating group) is 1. The van der Waals surface area contributed by atoms with Crippen LogP contribution in [0.4, 0.5) is 0 Å². The Kier molecular flexibility index (Phi) is 2.26. The zero-order valence-corrected chi connectivity index (χ0v) is 9.24. The van der Waals surface area contributed by atoms with Crippen LogP contribution in [0.2, 0.25) is 0 Å². The molecule has 0 saturated carbocycles. The maximum absolute atomic E-state index is 3.49. The maximum atomic E-state index is 3.49. The molecule has 1 N–H and O–H groups in total. The van der Waals surface area contributed by atoms with Crippen molar-refractivity contribution in [1.29, 1.82) is 0 Å². The first-order chi connectivity index (χ1) is 7.40. The summed E-state index contributed by atoms with van der Waals surface area (Å²) in [6.07, 6.45) is 2.71. The highest BCUT2D eigenvalue weighted by Crippen LogP contribution is 2.36. The minimum absolute atomic E-state index is 0.539. The minimum atomic E-state index is 0.539. The van der Waals surface area contributed by atoms with Crippen LogP contribution in [0.1, 0.15) is 30.0 Å². The predicted molar refractivity (Wildman–Crippen MR) is 61.7 cm³/mol. The molecule has 0 bridgehead atoms. The van der Waals surface area contributed by atoms with Crippen LogP contribution in [0.5, 0.6) is 0 Å². The molecule has 2 unspecified atom stereocenters. The molecular formula is C13H18N2. The molecule has 1 saturated heterocycles. The van der Waals surface area contributed by atoms with Gasteiger partial charge in [-0.05, 0) is 37.6 Å². The fourth-order valence-electron chi connectivity index (χ4n) is 3.18. The van der Waals surface area contributed by atoms with E-state index < -0.39 is 0 Å². The molecule has 0 amide bonds. The molecule has 0 radical (unpaired) electrons. The molecule has 2 heteroatoms. The first kappa shape index (κ1) is 9.37. The van der Waals surface area contributed by atoms with Crippen LogP contribution >= 0.6 is 0 Å². The fraction of sp³-hybridized carbons (Fsp3) is 0.538. The van der Waals surface area contributed by atoms with E-state index in [1.807, 2.05) is 0 Å². The Morgan fingerprint density at radius 1 is 1.33 bits per heavy atom.